The predicted octanol–water partition coefficient (Wildman–Crippen LogP) is 14.7. The van der Waals surface area contributed by atoms with E-state index in [2.05, 4.69) is 199 Å². The van der Waals surface area contributed by atoms with Crippen molar-refractivity contribution in [2.45, 2.75) is 5.41 Å². The van der Waals surface area contributed by atoms with Crippen molar-refractivity contribution in [2.75, 3.05) is 0 Å². The van der Waals surface area contributed by atoms with Gasteiger partial charge in [0.1, 0.15) is 5.82 Å². The fraction of sp³-hybridized carbons (Fsp3) is 0.0323. The maximum atomic E-state index is 8.40. The van der Waals surface area contributed by atoms with E-state index >= 15 is 0 Å². The van der Waals surface area contributed by atoms with Gasteiger partial charge in [-0.15, -0.1) is 22.6 Å². The molecule has 0 aliphatic carbocycles. The Hall–Kier alpha value is -7.91. The first-order valence-corrected chi connectivity index (χ1v) is 22.2. The fourth-order valence-corrected chi connectivity index (χ4v) is 10.1. The standard InChI is InChI=1S/C62H43N4.Pt/c1-64-43-65(58-35-17-16-34-57(58)64)51-29-18-28-49(41-51)62(47-24-10-4-11-25-47,48-26-12-5-13-27-48)50-36-37-55-54-30-14-15-33-56(54)66(59(55)42-50)60-40-46(38-39-63-60)61-52(44-20-6-2-7-21-44)31-19-32-53(61)45-22-8-3-9-23-45;/h2-40,43H,1H3;/q-1;/i1D3;. The van der Waals surface area contributed by atoms with Gasteiger partial charge in [0, 0.05) is 67.1 Å². The summed E-state index contributed by atoms with van der Waals surface area (Å²) in [6, 6.07) is 87.8. The maximum Gasteiger partial charge on any atom is 0.188 e. The van der Waals surface area contributed by atoms with Crippen molar-refractivity contribution < 1.29 is 25.2 Å². The summed E-state index contributed by atoms with van der Waals surface area (Å²) in [6.07, 6.45) is 3.59. The van der Waals surface area contributed by atoms with Crippen LogP contribution in [0.3, 0.4) is 0 Å². The van der Waals surface area contributed by atoms with Gasteiger partial charge in [0.15, 0.2) is 17.4 Å². The molecule has 0 saturated heterocycles. The van der Waals surface area contributed by atoms with Crippen molar-refractivity contribution in [2.24, 2.45) is 6.98 Å². The van der Waals surface area contributed by atoms with Gasteiger partial charge in [-0.25, -0.2) is 14.1 Å². The van der Waals surface area contributed by atoms with Crippen LogP contribution in [0, 0.1) is 12.1 Å². The van der Waals surface area contributed by atoms with Gasteiger partial charge >= 0.3 is 0 Å². The molecule has 67 heavy (non-hydrogen) atoms. The molecule has 0 saturated carbocycles. The van der Waals surface area contributed by atoms with Crippen LogP contribution in [0.25, 0.3) is 77.7 Å². The quantitative estimate of drug-likeness (QED) is 0.105. The molecule has 12 aromatic rings. The summed E-state index contributed by atoms with van der Waals surface area (Å²) in [5.41, 5.74) is 13.6. The van der Waals surface area contributed by atoms with Crippen LogP contribution < -0.4 is 0 Å². The molecule has 12 rings (SSSR count). The molecule has 0 aliphatic rings. The number of hydrogen-bond donors (Lipinski definition) is 0. The van der Waals surface area contributed by atoms with Crippen LogP contribution >= 0.6 is 0 Å². The molecule has 322 valence electrons. The summed E-state index contributed by atoms with van der Waals surface area (Å²) in [6.45, 7) is -2.38. The van der Waals surface area contributed by atoms with Crippen molar-refractivity contribution in [3.8, 4) is 44.9 Å². The molecular weight excluding hydrogens is 996 g/mol. The van der Waals surface area contributed by atoms with E-state index in [0.717, 1.165) is 88.8 Å². The van der Waals surface area contributed by atoms with Crippen molar-refractivity contribution in [1.29, 1.82) is 0 Å². The number of fused-ring (bicyclic) bond motifs is 4. The SMILES string of the molecule is [2H]C([2H])([2H])n1[cH+]n(-c2[c-]c(C(c3[c-]c4c(cc3)c3ccccc3n4-c3cc(-c4c(-c5ccccc5)cccc4-c4ccccc4)ccn3)(c3ccccc3)c3ccccc3)ccc2)c2ccccc21.[Pt]. The third-order valence-corrected chi connectivity index (χ3v) is 13.0. The Bertz CT molecular complexity index is 3730. The van der Waals surface area contributed by atoms with Crippen LogP contribution in [0.4, 0.5) is 0 Å². The number of imidazole rings is 1. The van der Waals surface area contributed by atoms with E-state index in [1.807, 2.05) is 59.3 Å². The molecule has 0 radical (unpaired) electrons. The molecule has 9 aromatic carbocycles. The van der Waals surface area contributed by atoms with Gasteiger partial charge in [0.25, 0.3) is 0 Å². The third kappa shape index (κ3) is 7.04. The Kier molecular flexibility index (Phi) is 10.0. The Morgan fingerprint density at radius 3 is 1.72 bits per heavy atom. The third-order valence-electron chi connectivity index (χ3n) is 13.0. The number of hydrogen-bond acceptors (Lipinski definition) is 1. The first kappa shape index (κ1) is 38.4. The van der Waals surface area contributed by atoms with Crippen LogP contribution in [-0.2, 0) is 33.5 Å². The first-order chi connectivity index (χ1) is 33.9. The van der Waals surface area contributed by atoms with E-state index in [0.29, 0.717) is 11.2 Å². The molecular formula is C62H43N4Pt-. The normalized spacial score (nSPS) is 12.4. The van der Waals surface area contributed by atoms with Crippen LogP contribution in [0.2, 0.25) is 0 Å². The number of benzene rings is 9. The Morgan fingerprint density at radius 1 is 0.493 bits per heavy atom. The second-order valence-corrected chi connectivity index (χ2v) is 16.6. The van der Waals surface area contributed by atoms with Gasteiger partial charge in [-0.3, -0.25) is 0 Å². The second-order valence-electron chi connectivity index (χ2n) is 16.6. The molecule has 0 bridgehead atoms. The molecule has 4 nitrogen and oxygen atoms in total. The molecule has 0 fully saturated rings. The van der Waals surface area contributed by atoms with Crippen molar-refractivity contribution in [3.63, 3.8) is 0 Å². The van der Waals surface area contributed by atoms with E-state index in [1.54, 1.807) is 6.33 Å². The number of nitrogens with zero attached hydrogens (tertiary/aromatic N) is 4. The molecule has 0 aliphatic heterocycles. The maximum absolute atomic E-state index is 8.40. The number of pyridine rings is 1. The fourth-order valence-electron chi connectivity index (χ4n) is 10.1. The average molecular weight is 1040 g/mol. The zero-order chi connectivity index (χ0) is 46.5. The van der Waals surface area contributed by atoms with E-state index in [9.17, 15) is 0 Å². The smallest absolute Gasteiger partial charge is 0.188 e. The molecule has 0 atom stereocenters. The Morgan fingerprint density at radius 2 is 1.06 bits per heavy atom. The molecule has 0 unspecified atom stereocenters. The molecule has 5 heteroatoms. The van der Waals surface area contributed by atoms with Crippen molar-refractivity contribution in [3.05, 3.63) is 277 Å². The zero-order valence-corrected chi connectivity index (χ0v) is 38.5. The zero-order valence-electron chi connectivity index (χ0n) is 39.2. The second kappa shape index (κ2) is 17.5. The summed E-state index contributed by atoms with van der Waals surface area (Å²) < 4.78 is 30.7. The van der Waals surface area contributed by atoms with Gasteiger partial charge in [-0.1, -0.05) is 169 Å². The summed E-state index contributed by atoms with van der Waals surface area (Å²) in [7, 11) is 0. The summed E-state index contributed by atoms with van der Waals surface area (Å²) >= 11 is 0. The first-order valence-electron chi connectivity index (χ1n) is 23.7. The number of aromatic nitrogens is 4. The summed E-state index contributed by atoms with van der Waals surface area (Å²) in [4.78, 5) is 5.16. The summed E-state index contributed by atoms with van der Waals surface area (Å²) in [5.74, 6) is 0.773. The summed E-state index contributed by atoms with van der Waals surface area (Å²) in [5, 5.41) is 2.15. The molecule has 0 N–H and O–H groups in total. The van der Waals surface area contributed by atoms with Crippen LogP contribution in [0.1, 0.15) is 26.4 Å². The van der Waals surface area contributed by atoms with Crippen LogP contribution in [0.15, 0.2) is 243 Å². The molecule has 0 amide bonds. The topological polar surface area (TPSA) is 27.7 Å². The van der Waals surface area contributed by atoms with Gasteiger partial charge in [-0.2, -0.15) is 30.3 Å². The minimum absolute atomic E-state index is 0. The average Bonchev–Trinajstić information content (AvgIpc) is 3.97. The number of aryl methyl sites for hydroxylation is 1. The molecule has 3 heterocycles. The van der Waals surface area contributed by atoms with E-state index in [4.69, 9.17) is 9.10 Å². The number of para-hydroxylation sites is 3. The Balaban J connectivity index is 0.00000533. The van der Waals surface area contributed by atoms with Crippen molar-refractivity contribution in [1.82, 2.24) is 18.7 Å². The van der Waals surface area contributed by atoms with Gasteiger partial charge in [0.2, 0.25) is 0 Å². The largest absolute Gasteiger partial charge is 0.319 e. The molecule has 0 spiro atoms. The minimum Gasteiger partial charge on any atom is -0.319 e. The van der Waals surface area contributed by atoms with E-state index < -0.39 is 12.4 Å². The van der Waals surface area contributed by atoms with Crippen molar-refractivity contribution >= 4 is 32.8 Å². The van der Waals surface area contributed by atoms with Gasteiger partial charge in [0.05, 0.1) is 0 Å². The number of rotatable bonds is 9. The van der Waals surface area contributed by atoms with Gasteiger partial charge < -0.3 is 4.57 Å². The van der Waals surface area contributed by atoms with E-state index in [-0.39, 0.29) is 21.1 Å². The monoisotopic (exact) mass is 1040 g/mol. The van der Waals surface area contributed by atoms with Crippen LogP contribution in [0.5, 0.6) is 0 Å². The van der Waals surface area contributed by atoms with E-state index in [1.165, 1.54) is 4.57 Å². The minimum atomic E-state index is -2.38. The Labute approximate surface area is 409 Å². The van der Waals surface area contributed by atoms with Gasteiger partial charge in [-0.05, 0) is 80.2 Å². The predicted molar refractivity (Wildman–Crippen MR) is 271 cm³/mol. The van der Waals surface area contributed by atoms with Crippen LogP contribution in [-0.4, -0.2) is 18.7 Å². The molecule has 3 aromatic heterocycles.